The fourth-order valence-corrected chi connectivity index (χ4v) is 5.83. The number of nitrogens with one attached hydrogen (secondary N) is 1. The van der Waals surface area contributed by atoms with Crippen LogP contribution < -0.4 is 5.32 Å². The van der Waals surface area contributed by atoms with Crippen LogP contribution in [-0.4, -0.2) is 41.3 Å². The second-order valence-electron chi connectivity index (χ2n) is 8.39. The molecule has 3 aromatic carbocycles. The molecular weight excluding hydrogens is 474 g/mol. The summed E-state index contributed by atoms with van der Waals surface area (Å²) in [6, 6.07) is 17.5. The van der Waals surface area contributed by atoms with Crippen molar-refractivity contribution >= 4 is 32.7 Å². The summed E-state index contributed by atoms with van der Waals surface area (Å²) in [5, 5.41) is 2.88. The lowest BCUT2D eigenvalue weighted by Gasteiger charge is -2.30. The minimum absolute atomic E-state index is 0.0447. The lowest BCUT2D eigenvalue weighted by molar-refractivity contribution is -0.120. The van der Waals surface area contributed by atoms with Crippen LogP contribution in [0.4, 0.5) is 14.5 Å². The lowest BCUT2D eigenvalue weighted by atomic mass is 9.97. The van der Waals surface area contributed by atoms with E-state index in [1.807, 2.05) is 41.0 Å². The van der Waals surface area contributed by atoms with Crippen molar-refractivity contribution in [3.05, 3.63) is 84.7 Å². The Hall–Kier alpha value is -3.63. The van der Waals surface area contributed by atoms with Gasteiger partial charge in [-0.15, -0.1) is 0 Å². The number of rotatable bonds is 5. The molecule has 180 valence electrons. The third-order valence-electron chi connectivity index (χ3n) is 6.20. The molecule has 0 saturated carbocycles. The Morgan fingerprint density at radius 2 is 1.69 bits per heavy atom. The molecule has 1 saturated heterocycles. The van der Waals surface area contributed by atoms with Crippen LogP contribution >= 0.6 is 0 Å². The second-order valence-corrected chi connectivity index (χ2v) is 10.3. The van der Waals surface area contributed by atoms with Gasteiger partial charge >= 0.3 is 0 Å². The van der Waals surface area contributed by atoms with Crippen LogP contribution in [0, 0.1) is 17.6 Å². The fraction of sp³-hybridized carbons (Fsp3) is 0.200. The lowest BCUT2D eigenvalue weighted by Crippen LogP contribution is -2.41. The molecular formula is C25H22F2N4O3S. The number of halogens is 2. The molecule has 1 amide bonds. The van der Waals surface area contributed by atoms with Crippen LogP contribution in [0.15, 0.2) is 78.0 Å². The summed E-state index contributed by atoms with van der Waals surface area (Å²) in [6.45, 7) is 0.0893. The van der Waals surface area contributed by atoms with Crippen molar-refractivity contribution in [3.63, 3.8) is 0 Å². The van der Waals surface area contributed by atoms with Crippen LogP contribution in [0.3, 0.4) is 0 Å². The maximum Gasteiger partial charge on any atom is 0.246 e. The van der Waals surface area contributed by atoms with E-state index in [-0.39, 0.29) is 31.8 Å². The van der Waals surface area contributed by atoms with E-state index in [0.29, 0.717) is 11.8 Å². The molecule has 0 spiro atoms. The third kappa shape index (κ3) is 4.54. The molecule has 1 aliphatic rings. The Bertz CT molecular complexity index is 1490. The Morgan fingerprint density at radius 3 is 2.43 bits per heavy atom. The first-order chi connectivity index (χ1) is 16.8. The van der Waals surface area contributed by atoms with Crippen LogP contribution in [0.5, 0.6) is 0 Å². The first-order valence-corrected chi connectivity index (χ1v) is 12.6. The predicted octanol–water partition coefficient (Wildman–Crippen LogP) is 4.34. The largest absolute Gasteiger partial charge is 0.326 e. The summed E-state index contributed by atoms with van der Waals surface area (Å²) in [5.41, 5.74) is 3.39. The molecule has 1 fully saturated rings. The van der Waals surface area contributed by atoms with E-state index < -0.39 is 32.5 Å². The van der Waals surface area contributed by atoms with Gasteiger partial charge in [0, 0.05) is 30.4 Å². The number of benzene rings is 3. The molecule has 1 aliphatic heterocycles. The Labute approximate surface area is 201 Å². The first kappa shape index (κ1) is 23.1. The van der Waals surface area contributed by atoms with Gasteiger partial charge in [0.2, 0.25) is 15.9 Å². The number of para-hydroxylation sites is 2. The average Bonchev–Trinajstić information content (AvgIpc) is 3.30. The number of aromatic nitrogens is 2. The number of hydrogen-bond acceptors (Lipinski definition) is 4. The first-order valence-electron chi connectivity index (χ1n) is 11.1. The van der Waals surface area contributed by atoms with Crippen LogP contribution in [-0.2, 0) is 14.8 Å². The van der Waals surface area contributed by atoms with Crippen molar-refractivity contribution in [2.45, 2.75) is 17.7 Å². The van der Waals surface area contributed by atoms with Crippen LogP contribution in [0.25, 0.3) is 16.7 Å². The molecule has 4 aromatic rings. The van der Waals surface area contributed by atoms with E-state index in [4.69, 9.17) is 0 Å². The highest BCUT2D eigenvalue weighted by molar-refractivity contribution is 7.89. The molecule has 0 unspecified atom stereocenters. The van der Waals surface area contributed by atoms with Crippen molar-refractivity contribution in [3.8, 4) is 5.69 Å². The minimum Gasteiger partial charge on any atom is -0.326 e. The SMILES string of the molecule is O=C(Nc1ccc(-n2cnc3ccccc32)cc1)C1CCN(S(=O)(=O)c2cc(F)ccc2F)CC1. The molecule has 35 heavy (non-hydrogen) atoms. The van der Waals surface area contributed by atoms with Crippen molar-refractivity contribution in [2.75, 3.05) is 18.4 Å². The van der Waals surface area contributed by atoms with Gasteiger partial charge in [-0.05, 0) is 67.4 Å². The molecule has 0 radical (unpaired) electrons. The van der Waals surface area contributed by atoms with Gasteiger partial charge in [0.05, 0.1) is 11.0 Å². The highest BCUT2D eigenvalue weighted by Crippen LogP contribution is 2.27. The van der Waals surface area contributed by atoms with Crippen molar-refractivity contribution in [2.24, 2.45) is 5.92 Å². The summed E-state index contributed by atoms with van der Waals surface area (Å²) in [4.78, 5) is 16.5. The van der Waals surface area contributed by atoms with Gasteiger partial charge in [0.15, 0.2) is 0 Å². The summed E-state index contributed by atoms with van der Waals surface area (Å²) in [7, 11) is -4.19. The van der Waals surface area contributed by atoms with E-state index in [9.17, 15) is 22.0 Å². The molecule has 0 atom stereocenters. The van der Waals surface area contributed by atoms with Crippen molar-refractivity contribution in [1.29, 1.82) is 0 Å². The summed E-state index contributed by atoms with van der Waals surface area (Å²) in [5.74, 6) is -2.43. The van der Waals surface area contributed by atoms with E-state index >= 15 is 0 Å². The molecule has 5 rings (SSSR count). The van der Waals surface area contributed by atoms with Crippen molar-refractivity contribution < 1.29 is 22.0 Å². The Balaban J connectivity index is 1.22. The molecule has 1 N–H and O–H groups in total. The average molecular weight is 497 g/mol. The maximum absolute atomic E-state index is 14.0. The number of anilines is 1. The summed E-state index contributed by atoms with van der Waals surface area (Å²) >= 11 is 0. The van der Waals surface area contributed by atoms with Crippen LogP contribution in [0.1, 0.15) is 12.8 Å². The number of amides is 1. The van der Waals surface area contributed by atoms with Gasteiger partial charge in [-0.3, -0.25) is 9.36 Å². The second kappa shape index (κ2) is 9.20. The van der Waals surface area contributed by atoms with Crippen molar-refractivity contribution in [1.82, 2.24) is 13.9 Å². The van der Waals surface area contributed by atoms with Gasteiger partial charge < -0.3 is 5.32 Å². The van der Waals surface area contributed by atoms with E-state index in [2.05, 4.69) is 10.3 Å². The zero-order valence-corrected chi connectivity index (χ0v) is 19.4. The van der Waals surface area contributed by atoms with Gasteiger partial charge in [0.25, 0.3) is 0 Å². The maximum atomic E-state index is 14.0. The van der Waals surface area contributed by atoms with E-state index in [0.717, 1.165) is 33.2 Å². The van der Waals surface area contributed by atoms with Crippen LogP contribution in [0.2, 0.25) is 0 Å². The Morgan fingerprint density at radius 1 is 0.971 bits per heavy atom. The molecule has 1 aromatic heterocycles. The zero-order valence-electron chi connectivity index (χ0n) is 18.6. The van der Waals surface area contributed by atoms with Gasteiger partial charge in [-0.25, -0.2) is 22.2 Å². The molecule has 0 aliphatic carbocycles. The molecule has 10 heteroatoms. The minimum atomic E-state index is -4.19. The van der Waals surface area contributed by atoms with Gasteiger partial charge in [-0.1, -0.05) is 12.1 Å². The third-order valence-corrected chi connectivity index (χ3v) is 8.12. The number of sulfonamides is 1. The standard InChI is InChI=1S/C25H22F2N4O3S/c26-18-5-10-21(27)24(15-18)35(33,34)30-13-11-17(12-14-30)25(32)29-19-6-8-20(9-7-19)31-16-28-22-3-1-2-4-23(22)31/h1-10,15-17H,11-14H2,(H,29,32). The number of hydrogen-bond donors (Lipinski definition) is 1. The fourth-order valence-electron chi connectivity index (χ4n) is 4.29. The zero-order chi connectivity index (χ0) is 24.6. The quantitative estimate of drug-likeness (QED) is 0.446. The number of carbonyl (C=O) groups excluding carboxylic acids is 1. The molecule has 0 bridgehead atoms. The van der Waals surface area contributed by atoms with E-state index in [1.165, 1.54) is 0 Å². The topological polar surface area (TPSA) is 84.3 Å². The summed E-state index contributed by atoms with van der Waals surface area (Å²) in [6.07, 6.45) is 2.30. The monoisotopic (exact) mass is 496 g/mol. The number of imidazole rings is 1. The molecule has 2 heterocycles. The van der Waals surface area contributed by atoms with E-state index in [1.54, 1.807) is 18.5 Å². The van der Waals surface area contributed by atoms with Gasteiger partial charge in [-0.2, -0.15) is 4.31 Å². The number of piperidine rings is 1. The Kier molecular flexibility index (Phi) is 6.08. The number of fused-ring (bicyclic) bond motifs is 1. The predicted molar refractivity (Wildman–Crippen MR) is 128 cm³/mol. The molecule has 7 nitrogen and oxygen atoms in total. The number of nitrogens with zero attached hydrogens (tertiary/aromatic N) is 3. The normalized spacial score (nSPS) is 15.4. The summed E-state index contributed by atoms with van der Waals surface area (Å²) < 4.78 is 56.1. The highest BCUT2D eigenvalue weighted by Gasteiger charge is 2.33. The van der Waals surface area contributed by atoms with Gasteiger partial charge in [0.1, 0.15) is 22.9 Å². The number of carbonyl (C=O) groups is 1. The highest BCUT2D eigenvalue weighted by atomic mass is 32.2. The smallest absolute Gasteiger partial charge is 0.246 e.